The Bertz CT molecular complexity index is 739. The number of aliphatic hydroxyl groups excluding tert-OH is 4. The maximum atomic E-state index is 10.8. The molecule has 1 saturated heterocycles. The minimum atomic E-state index is -3.02. The van der Waals surface area contributed by atoms with E-state index in [1.165, 1.54) is 0 Å². The molecule has 0 radical (unpaired) electrons. The van der Waals surface area contributed by atoms with Crippen molar-refractivity contribution in [3.63, 3.8) is 0 Å². The van der Waals surface area contributed by atoms with Crippen LogP contribution in [-0.4, -0.2) is 66.1 Å². The van der Waals surface area contributed by atoms with Crippen LogP contribution in [0.3, 0.4) is 0 Å². The first kappa shape index (κ1) is 22.1. The van der Waals surface area contributed by atoms with E-state index in [1.54, 1.807) is 0 Å². The van der Waals surface area contributed by atoms with Crippen LogP contribution in [0, 0.1) is 0 Å². The van der Waals surface area contributed by atoms with Gasteiger partial charge in [0.05, 0.1) is 6.61 Å². The summed E-state index contributed by atoms with van der Waals surface area (Å²) in [5.41, 5.74) is 0. The van der Waals surface area contributed by atoms with E-state index in [1.807, 2.05) is 60.7 Å². The molecule has 0 aliphatic carbocycles. The van der Waals surface area contributed by atoms with E-state index in [9.17, 15) is 20.4 Å². The zero-order valence-electron chi connectivity index (χ0n) is 17.0. The molecule has 6 nitrogen and oxygen atoms in total. The topological polar surface area (TPSA) is 99.4 Å². The van der Waals surface area contributed by atoms with Crippen LogP contribution in [0.2, 0.25) is 5.04 Å². The van der Waals surface area contributed by atoms with Crippen molar-refractivity contribution in [3.05, 3.63) is 60.7 Å². The Balaban J connectivity index is 2.12. The Labute approximate surface area is 172 Å². The lowest BCUT2D eigenvalue weighted by atomic mass is 10.1. The predicted molar refractivity (Wildman–Crippen MR) is 112 cm³/mol. The Morgan fingerprint density at radius 2 is 1.45 bits per heavy atom. The normalized spacial score (nSPS) is 26.4. The van der Waals surface area contributed by atoms with Gasteiger partial charge in [-0.15, -0.1) is 0 Å². The van der Waals surface area contributed by atoms with Gasteiger partial charge in [-0.25, -0.2) is 0 Å². The maximum Gasteiger partial charge on any atom is 0.261 e. The highest BCUT2D eigenvalue weighted by Crippen LogP contribution is 2.39. The molecule has 0 amide bonds. The standard InChI is InChI=1S/C22H30O6Si/c1-22(2,3)29(15-10-6-4-7-11-15,16-12-8-5-9-13-16)28-20-18(25)19(17(24)14-23)27-21(20)26/h4-13,17-21,23-26H,14H2,1-3H3/t17-,18+,19+,20-,21+/m1/s1. The van der Waals surface area contributed by atoms with Gasteiger partial charge in [-0.1, -0.05) is 81.4 Å². The predicted octanol–water partition coefficient (Wildman–Crippen LogP) is 0.363. The first-order chi connectivity index (χ1) is 13.7. The van der Waals surface area contributed by atoms with E-state index >= 15 is 0 Å². The highest BCUT2D eigenvalue weighted by atomic mass is 28.4. The maximum absolute atomic E-state index is 10.8. The first-order valence-corrected chi connectivity index (χ1v) is 11.7. The Morgan fingerprint density at radius 1 is 0.966 bits per heavy atom. The lowest BCUT2D eigenvalue weighted by molar-refractivity contribution is -0.148. The third-order valence-electron chi connectivity index (χ3n) is 5.55. The SMILES string of the molecule is CC(C)(C)[Si](O[C@@H]1[C@@H](O)[C@H]([C@H](O)CO)O[C@@H]1O)(c1ccccc1)c1ccccc1. The molecular formula is C22H30O6Si. The lowest BCUT2D eigenvalue weighted by Gasteiger charge is -2.45. The molecule has 0 aromatic heterocycles. The van der Waals surface area contributed by atoms with Crippen molar-refractivity contribution in [1.82, 2.24) is 0 Å². The second kappa shape index (κ2) is 8.65. The van der Waals surface area contributed by atoms with Gasteiger partial charge in [-0.2, -0.15) is 0 Å². The van der Waals surface area contributed by atoms with Gasteiger partial charge in [0.1, 0.15) is 24.4 Å². The molecule has 158 valence electrons. The molecule has 1 heterocycles. The Hall–Kier alpha value is -1.58. The molecule has 0 saturated carbocycles. The van der Waals surface area contributed by atoms with Gasteiger partial charge in [0.2, 0.25) is 0 Å². The van der Waals surface area contributed by atoms with Gasteiger partial charge in [0.25, 0.3) is 8.32 Å². The van der Waals surface area contributed by atoms with Crippen LogP contribution in [0.5, 0.6) is 0 Å². The van der Waals surface area contributed by atoms with Crippen LogP contribution in [0.4, 0.5) is 0 Å². The quantitative estimate of drug-likeness (QED) is 0.506. The number of rotatable bonds is 6. The first-order valence-electron chi connectivity index (χ1n) is 9.82. The van der Waals surface area contributed by atoms with Crippen molar-refractivity contribution >= 4 is 18.7 Å². The molecule has 0 unspecified atom stereocenters. The average Bonchev–Trinajstić information content (AvgIpc) is 2.99. The van der Waals surface area contributed by atoms with Crippen LogP contribution < -0.4 is 10.4 Å². The summed E-state index contributed by atoms with van der Waals surface area (Å²) in [6.45, 7) is 5.69. The summed E-state index contributed by atoms with van der Waals surface area (Å²) in [6, 6.07) is 19.7. The van der Waals surface area contributed by atoms with Crippen molar-refractivity contribution in [2.24, 2.45) is 0 Å². The molecular weight excluding hydrogens is 388 g/mol. The van der Waals surface area contributed by atoms with Crippen molar-refractivity contribution in [2.75, 3.05) is 6.61 Å². The van der Waals surface area contributed by atoms with E-state index in [-0.39, 0.29) is 5.04 Å². The van der Waals surface area contributed by atoms with E-state index in [0.717, 1.165) is 10.4 Å². The number of benzene rings is 2. The summed E-state index contributed by atoms with van der Waals surface area (Å²) in [5, 5.41) is 42.2. The number of ether oxygens (including phenoxy) is 1. The molecule has 1 aliphatic rings. The minimum absolute atomic E-state index is 0.344. The fourth-order valence-corrected chi connectivity index (χ4v) is 8.80. The second-order valence-corrected chi connectivity index (χ2v) is 12.7. The van der Waals surface area contributed by atoms with Gasteiger partial charge in [-0.05, 0) is 15.4 Å². The fourth-order valence-electron chi connectivity index (χ4n) is 4.12. The molecule has 2 aromatic carbocycles. The average molecular weight is 419 g/mol. The second-order valence-electron chi connectivity index (χ2n) is 8.48. The zero-order chi connectivity index (χ0) is 21.2. The van der Waals surface area contributed by atoms with Crippen LogP contribution >= 0.6 is 0 Å². The van der Waals surface area contributed by atoms with Gasteiger partial charge < -0.3 is 29.6 Å². The van der Waals surface area contributed by atoms with Gasteiger partial charge >= 0.3 is 0 Å². The summed E-state index contributed by atoms with van der Waals surface area (Å²) in [6.07, 6.45) is -6.20. The van der Waals surface area contributed by atoms with Crippen LogP contribution in [0.25, 0.3) is 0 Å². The third-order valence-corrected chi connectivity index (χ3v) is 10.6. The third kappa shape index (κ3) is 4.04. The van der Waals surface area contributed by atoms with Crippen molar-refractivity contribution in [3.8, 4) is 0 Å². The molecule has 2 aromatic rings. The molecule has 29 heavy (non-hydrogen) atoms. The van der Waals surface area contributed by atoms with Crippen LogP contribution in [0.1, 0.15) is 20.8 Å². The molecule has 7 heteroatoms. The Morgan fingerprint density at radius 3 is 1.86 bits per heavy atom. The van der Waals surface area contributed by atoms with E-state index in [4.69, 9.17) is 9.16 Å². The molecule has 1 fully saturated rings. The fraction of sp³-hybridized carbons (Fsp3) is 0.455. The van der Waals surface area contributed by atoms with Crippen molar-refractivity contribution in [2.45, 2.75) is 56.5 Å². The van der Waals surface area contributed by atoms with Crippen molar-refractivity contribution < 1.29 is 29.6 Å². The number of hydrogen-bond donors (Lipinski definition) is 4. The number of hydrogen-bond acceptors (Lipinski definition) is 6. The van der Waals surface area contributed by atoms with Gasteiger partial charge in [-0.3, -0.25) is 0 Å². The minimum Gasteiger partial charge on any atom is -0.396 e. The molecule has 0 spiro atoms. The van der Waals surface area contributed by atoms with Gasteiger partial charge in [0.15, 0.2) is 6.29 Å². The molecule has 5 atom stereocenters. The van der Waals surface area contributed by atoms with E-state index in [0.29, 0.717) is 0 Å². The van der Waals surface area contributed by atoms with Crippen LogP contribution in [0.15, 0.2) is 60.7 Å². The number of aliphatic hydroxyl groups is 4. The summed E-state index contributed by atoms with van der Waals surface area (Å²) in [7, 11) is -3.02. The van der Waals surface area contributed by atoms with E-state index in [2.05, 4.69) is 20.8 Å². The molecule has 1 aliphatic heterocycles. The largest absolute Gasteiger partial charge is 0.396 e. The highest BCUT2D eigenvalue weighted by Gasteiger charge is 2.56. The van der Waals surface area contributed by atoms with Crippen LogP contribution in [-0.2, 0) is 9.16 Å². The highest BCUT2D eigenvalue weighted by molar-refractivity contribution is 6.99. The van der Waals surface area contributed by atoms with Gasteiger partial charge in [0, 0.05) is 0 Å². The zero-order valence-corrected chi connectivity index (χ0v) is 18.0. The van der Waals surface area contributed by atoms with Crippen molar-refractivity contribution in [1.29, 1.82) is 0 Å². The summed E-state index contributed by atoms with van der Waals surface area (Å²) >= 11 is 0. The molecule has 0 bridgehead atoms. The Kier molecular flexibility index (Phi) is 6.60. The van der Waals surface area contributed by atoms with E-state index < -0.39 is 45.6 Å². The summed E-state index contributed by atoms with van der Waals surface area (Å²) in [5.74, 6) is 0. The molecule has 3 rings (SSSR count). The summed E-state index contributed by atoms with van der Waals surface area (Å²) < 4.78 is 12.1. The smallest absolute Gasteiger partial charge is 0.261 e. The lowest BCUT2D eigenvalue weighted by Crippen LogP contribution is -2.69. The summed E-state index contributed by atoms with van der Waals surface area (Å²) in [4.78, 5) is 0. The molecule has 4 N–H and O–H groups in total. The monoisotopic (exact) mass is 418 g/mol.